The molecule has 6 atom stereocenters. The molecule has 0 saturated heterocycles. The van der Waals surface area contributed by atoms with Gasteiger partial charge in [-0.15, -0.1) is 0 Å². The largest absolute Gasteiger partial charge is 0.417 e. The van der Waals surface area contributed by atoms with E-state index in [9.17, 15) is 23.1 Å². The molecule has 25 heavy (non-hydrogen) atoms. The van der Waals surface area contributed by atoms with Crippen molar-refractivity contribution >= 4 is 21.7 Å². The lowest BCUT2D eigenvalue weighted by Crippen LogP contribution is -2.59. The molecule has 6 heteroatoms. The maximum atomic E-state index is 13.6. The molecule has 0 aromatic carbocycles. The molecule has 0 amide bonds. The molecule has 4 aliphatic rings. The van der Waals surface area contributed by atoms with Crippen molar-refractivity contribution in [1.82, 2.24) is 0 Å². The van der Waals surface area contributed by atoms with Gasteiger partial charge < -0.3 is 5.11 Å². The molecule has 0 aliphatic heterocycles. The Labute approximate surface area is 154 Å². The van der Waals surface area contributed by atoms with Crippen LogP contribution in [-0.2, 0) is 4.79 Å². The van der Waals surface area contributed by atoms with Crippen molar-refractivity contribution in [2.24, 2.45) is 29.1 Å². The van der Waals surface area contributed by atoms with E-state index in [-0.39, 0.29) is 24.0 Å². The number of halogens is 4. The number of carbonyl (C=O) groups is 1. The third-order valence-corrected chi connectivity index (χ3v) is 8.99. The summed E-state index contributed by atoms with van der Waals surface area (Å²) in [5.41, 5.74) is -2.42. The van der Waals surface area contributed by atoms with Gasteiger partial charge in [0.25, 0.3) is 0 Å². The lowest BCUT2D eigenvalue weighted by molar-refractivity contribution is -0.302. The fraction of sp³-hybridized carbons (Fsp3) is 0.842. The molecule has 4 unspecified atom stereocenters. The van der Waals surface area contributed by atoms with Crippen molar-refractivity contribution < 1.29 is 23.1 Å². The number of fused-ring (bicyclic) bond motifs is 5. The molecule has 140 valence electrons. The van der Waals surface area contributed by atoms with Crippen molar-refractivity contribution in [3.8, 4) is 0 Å². The molecule has 4 aliphatic carbocycles. The number of alkyl halides is 3. The Bertz CT molecular complexity index is 643. The van der Waals surface area contributed by atoms with E-state index in [0.29, 0.717) is 31.1 Å². The molecule has 0 bridgehead atoms. The van der Waals surface area contributed by atoms with Crippen LogP contribution in [0, 0.1) is 29.1 Å². The fourth-order valence-corrected chi connectivity index (χ4v) is 7.41. The van der Waals surface area contributed by atoms with Crippen LogP contribution >= 0.6 is 15.9 Å². The Balaban J connectivity index is 1.67. The van der Waals surface area contributed by atoms with Crippen LogP contribution in [0.5, 0.6) is 0 Å². The summed E-state index contributed by atoms with van der Waals surface area (Å²) < 4.78 is 41.7. The van der Waals surface area contributed by atoms with E-state index in [1.54, 1.807) is 6.92 Å². The van der Waals surface area contributed by atoms with E-state index >= 15 is 0 Å². The van der Waals surface area contributed by atoms with Crippen molar-refractivity contribution in [2.75, 3.05) is 0 Å². The minimum absolute atomic E-state index is 0.0733. The van der Waals surface area contributed by atoms with Gasteiger partial charge in [0.05, 0.1) is 4.48 Å². The lowest BCUT2D eigenvalue weighted by Gasteiger charge is -2.55. The average molecular weight is 421 g/mol. The highest BCUT2D eigenvalue weighted by molar-refractivity contribution is 9.12. The van der Waals surface area contributed by atoms with Crippen LogP contribution in [0.25, 0.3) is 0 Å². The van der Waals surface area contributed by atoms with Crippen LogP contribution in [0.1, 0.15) is 58.3 Å². The minimum Gasteiger partial charge on any atom is -0.380 e. The Morgan fingerprint density at radius 1 is 1.08 bits per heavy atom. The van der Waals surface area contributed by atoms with E-state index in [1.165, 1.54) is 5.57 Å². The molecular formula is C19H24BrF3O2. The van der Waals surface area contributed by atoms with Crippen LogP contribution in [-0.4, -0.2) is 22.7 Å². The Morgan fingerprint density at radius 2 is 1.80 bits per heavy atom. The number of Topliss-reactive ketones (excluding diaryl/α,β-unsaturated/α-hetero) is 1. The predicted octanol–water partition coefficient (Wildman–Crippen LogP) is 5.14. The standard InChI is InChI=1S/C19H24BrF3O2/c1-17-8-6-11-10-4-5-15(24)16(20)13(10)3-2-12(11)14(17)7-9-18(17,25)19(21,22)23/h10-12,14,25H,2-9H2,1H3/t10?,11?,12?,14?,17-,18+/m0/s1. The number of ketones is 1. The first-order valence-corrected chi connectivity index (χ1v) is 10.1. The van der Waals surface area contributed by atoms with Crippen molar-refractivity contribution in [3.63, 3.8) is 0 Å². The zero-order valence-electron chi connectivity index (χ0n) is 14.3. The van der Waals surface area contributed by atoms with Gasteiger partial charge in [0.1, 0.15) is 0 Å². The summed E-state index contributed by atoms with van der Waals surface area (Å²) in [6, 6.07) is 0. The van der Waals surface area contributed by atoms with Crippen LogP contribution in [0.2, 0.25) is 0 Å². The Hall–Kier alpha value is -0.360. The Kier molecular flexibility index (Phi) is 4.02. The molecule has 1 N–H and O–H groups in total. The quantitative estimate of drug-likeness (QED) is 0.588. The second kappa shape index (κ2) is 5.57. The smallest absolute Gasteiger partial charge is 0.380 e. The van der Waals surface area contributed by atoms with Gasteiger partial charge in [0.15, 0.2) is 11.4 Å². The van der Waals surface area contributed by atoms with E-state index in [0.717, 1.165) is 30.2 Å². The van der Waals surface area contributed by atoms with Crippen molar-refractivity contribution in [1.29, 1.82) is 0 Å². The van der Waals surface area contributed by atoms with Gasteiger partial charge in [-0.1, -0.05) is 6.92 Å². The highest BCUT2D eigenvalue weighted by Gasteiger charge is 2.71. The van der Waals surface area contributed by atoms with E-state index in [2.05, 4.69) is 15.9 Å². The molecule has 3 fully saturated rings. The topological polar surface area (TPSA) is 37.3 Å². The summed E-state index contributed by atoms with van der Waals surface area (Å²) in [4.78, 5) is 12.0. The summed E-state index contributed by atoms with van der Waals surface area (Å²) >= 11 is 3.46. The average Bonchev–Trinajstić information content (AvgIpc) is 2.83. The molecule has 0 heterocycles. The van der Waals surface area contributed by atoms with Crippen molar-refractivity contribution in [2.45, 2.75) is 70.1 Å². The highest BCUT2D eigenvalue weighted by Crippen LogP contribution is 2.67. The predicted molar refractivity (Wildman–Crippen MR) is 91.0 cm³/mol. The van der Waals surface area contributed by atoms with Crippen LogP contribution in [0.4, 0.5) is 13.2 Å². The molecule has 3 saturated carbocycles. The second-order valence-electron chi connectivity index (χ2n) is 8.73. The summed E-state index contributed by atoms with van der Waals surface area (Å²) in [7, 11) is 0. The molecule has 0 spiro atoms. The van der Waals surface area contributed by atoms with Gasteiger partial charge in [-0.25, -0.2) is 0 Å². The minimum atomic E-state index is -4.57. The monoisotopic (exact) mass is 420 g/mol. The maximum absolute atomic E-state index is 13.6. The summed E-state index contributed by atoms with van der Waals surface area (Å²) in [5.74, 6) is 1.01. The number of allylic oxidation sites excluding steroid dienone is 1. The van der Waals surface area contributed by atoms with E-state index in [1.807, 2.05) is 0 Å². The summed E-state index contributed by atoms with van der Waals surface area (Å²) in [6.07, 6.45) is -0.131. The maximum Gasteiger partial charge on any atom is 0.417 e. The third kappa shape index (κ3) is 2.28. The van der Waals surface area contributed by atoms with Gasteiger partial charge in [-0.3, -0.25) is 4.79 Å². The lowest BCUT2D eigenvalue weighted by atomic mass is 9.50. The SMILES string of the molecule is C[C@]12CCC3C4CCC(=O)C(Br)=C4CCC3C1CC[C@]2(O)C(F)(F)F. The van der Waals surface area contributed by atoms with Gasteiger partial charge in [-0.05, 0) is 90.1 Å². The van der Waals surface area contributed by atoms with Gasteiger partial charge in [0.2, 0.25) is 0 Å². The zero-order chi connectivity index (χ0) is 18.2. The number of carbonyl (C=O) groups excluding carboxylic acids is 1. The second-order valence-corrected chi connectivity index (χ2v) is 9.53. The molecule has 0 aromatic rings. The number of aliphatic hydroxyl groups is 1. The number of hydrogen-bond acceptors (Lipinski definition) is 2. The first-order valence-electron chi connectivity index (χ1n) is 9.31. The Morgan fingerprint density at radius 3 is 2.48 bits per heavy atom. The molecule has 4 rings (SSSR count). The van der Waals surface area contributed by atoms with Crippen LogP contribution in [0.15, 0.2) is 10.1 Å². The van der Waals surface area contributed by atoms with Crippen LogP contribution < -0.4 is 0 Å². The first-order chi connectivity index (χ1) is 11.6. The normalized spacial score (nSPS) is 47.4. The van der Waals surface area contributed by atoms with Gasteiger partial charge >= 0.3 is 6.18 Å². The summed E-state index contributed by atoms with van der Waals surface area (Å²) in [6.45, 7) is 1.67. The molecule has 2 nitrogen and oxygen atoms in total. The molecular weight excluding hydrogens is 397 g/mol. The first kappa shape index (κ1) is 18.0. The van der Waals surface area contributed by atoms with E-state index in [4.69, 9.17) is 0 Å². The summed E-state index contributed by atoms with van der Waals surface area (Å²) in [5, 5.41) is 10.6. The number of hydrogen-bond donors (Lipinski definition) is 1. The molecule has 0 aromatic heterocycles. The van der Waals surface area contributed by atoms with Gasteiger partial charge in [0, 0.05) is 11.8 Å². The third-order valence-electron chi connectivity index (χ3n) is 8.03. The fourth-order valence-electron chi connectivity index (χ4n) is 6.72. The van der Waals surface area contributed by atoms with Crippen molar-refractivity contribution in [3.05, 3.63) is 10.1 Å². The van der Waals surface area contributed by atoms with Crippen LogP contribution in [0.3, 0.4) is 0 Å². The van der Waals surface area contributed by atoms with E-state index < -0.39 is 17.2 Å². The highest BCUT2D eigenvalue weighted by atomic mass is 79.9. The number of rotatable bonds is 0. The zero-order valence-corrected chi connectivity index (χ0v) is 15.9. The van der Waals surface area contributed by atoms with Gasteiger partial charge in [-0.2, -0.15) is 13.2 Å². The molecule has 0 radical (unpaired) electrons.